The van der Waals surface area contributed by atoms with Crippen molar-refractivity contribution < 1.29 is 27.8 Å². The van der Waals surface area contributed by atoms with Crippen LogP contribution in [0.5, 0.6) is 0 Å². The van der Waals surface area contributed by atoms with Crippen LogP contribution in [-0.2, 0) is 27.8 Å². The molecular weight excluding hydrogens is 460 g/mol. The van der Waals surface area contributed by atoms with E-state index in [-0.39, 0.29) is 43.2 Å². The van der Waals surface area contributed by atoms with Crippen LogP contribution in [0.15, 0.2) is 5.76 Å². The molecule has 0 bridgehead atoms. The lowest BCUT2D eigenvalue weighted by molar-refractivity contribution is -0.121. The second-order valence-electron chi connectivity index (χ2n) is 3.80. The van der Waals surface area contributed by atoms with Gasteiger partial charge in [0, 0.05) is 37.4 Å². The topological polar surface area (TPSA) is 71.1 Å². The molecule has 0 fully saturated rings. The Morgan fingerprint density at radius 1 is 1.50 bits per heavy atom. The lowest BCUT2D eigenvalue weighted by atomic mass is 9.87. The molecule has 0 rings (SSSR count). The van der Waals surface area contributed by atoms with Crippen molar-refractivity contribution in [3.63, 3.8) is 0 Å². The van der Waals surface area contributed by atoms with Gasteiger partial charge in [-0.2, -0.15) is 13.5 Å². The Morgan fingerprint density at radius 2 is 2.14 bits per heavy atom. The van der Waals surface area contributed by atoms with E-state index in [4.69, 9.17) is 26.1 Å². The molecule has 0 saturated carbocycles. The number of ether oxygens (including phenoxy) is 2. The smallest absolute Gasteiger partial charge is 0.490 e. The van der Waals surface area contributed by atoms with E-state index in [1.165, 1.54) is 18.8 Å². The van der Waals surface area contributed by atoms with E-state index >= 15 is 0 Å². The van der Waals surface area contributed by atoms with Crippen molar-refractivity contribution in [2.75, 3.05) is 40.3 Å². The maximum Gasteiger partial charge on any atom is 0.543 e. The van der Waals surface area contributed by atoms with Gasteiger partial charge in [-0.1, -0.05) is 22.4 Å². The van der Waals surface area contributed by atoms with Gasteiger partial charge in [0.15, 0.2) is 17.5 Å². The zero-order chi connectivity index (χ0) is 16.3. The van der Waals surface area contributed by atoms with Crippen LogP contribution in [0.1, 0.15) is 0 Å². The Balaban J connectivity index is 0. The number of carbonyl (C=O) groups is 1. The van der Waals surface area contributed by atoms with E-state index in [1.54, 1.807) is 13.1 Å². The third kappa shape index (κ3) is 12.2. The molecule has 0 spiro atoms. The summed E-state index contributed by atoms with van der Waals surface area (Å²) in [6, 6.07) is 0. The molecule has 0 aliphatic carbocycles. The van der Waals surface area contributed by atoms with Crippen molar-refractivity contribution in [2.45, 2.75) is 5.82 Å². The minimum atomic E-state index is -0.720. The highest BCUT2D eigenvalue weighted by atomic mass is 127. The number of rotatable bonds is 12. The van der Waals surface area contributed by atoms with E-state index < -0.39 is 12.9 Å². The van der Waals surface area contributed by atoms with Gasteiger partial charge >= 0.3 is 4.97 Å². The summed E-state index contributed by atoms with van der Waals surface area (Å²) in [5.41, 5.74) is 0. The van der Waals surface area contributed by atoms with Crippen molar-refractivity contribution in [1.82, 2.24) is 0 Å². The lowest BCUT2D eigenvalue weighted by Gasteiger charge is -2.13. The van der Waals surface area contributed by atoms with Crippen LogP contribution >= 0.6 is 54.7 Å². The van der Waals surface area contributed by atoms with Crippen LogP contribution in [0.2, 0.25) is 5.82 Å². The third-order valence-electron chi connectivity index (χ3n) is 2.05. The highest BCUT2D eigenvalue weighted by Gasteiger charge is 2.17. The molecule has 0 aromatic heterocycles. The fraction of sp³-hybridized carbons (Fsp3) is 0.700. The molecule has 0 aromatic rings. The summed E-state index contributed by atoms with van der Waals surface area (Å²) in [7, 11) is 7.84. The predicted octanol–water partition coefficient (Wildman–Crippen LogP) is 1.76. The zero-order valence-corrected chi connectivity index (χ0v) is 17.4. The zero-order valence-electron chi connectivity index (χ0n) is 12.5. The standard InChI is InChI=1S/C10H16B2IO6PS.H2S/c1-16-10(4-14)9(11)6-18-5-8(15)7-20(3)21-19-12(13)17-2;/h9H,5-7H2,1-3H3;1H2. The van der Waals surface area contributed by atoms with Crippen molar-refractivity contribution >= 4 is 79.2 Å². The summed E-state index contributed by atoms with van der Waals surface area (Å²) in [5, 5.41) is 0. The summed E-state index contributed by atoms with van der Waals surface area (Å²) < 4.78 is 20.1. The Morgan fingerprint density at radius 3 is 2.64 bits per heavy atom. The molecule has 0 saturated heterocycles. The molecule has 0 heterocycles. The summed E-state index contributed by atoms with van der Waals surface area (Å²) in [5.74, 6) is 0.777. The number of ketones is 1. The number of carbonyl (C=O) groups excluding carboxylic acids is 2. The first-order valence-corrected chi connectivity index (χ1v) is 10.4. The van der Waals surface area contributed by atoms with E-state index in [0.29, 0.717) is 6.16 Å². The van der Waals surface area contributed by atoms with Crippen LogP contribution in [0.3, 0.4) is 0 Å². The highest BCUT2D eigenvalue weighted by Crippen LogP contribution is 2.47. The van der Waals surface area contributed by atoms with Crippen molar-refractivity contribution in [3.05, 3.63) is 5.76 Å². The quantitative estimate of drug-likeness (QED) is 0.106. The maximum atomic E-state index is 11.7. The average Bonchev–Trinajstić information content (AvgIpc) is 2.45. The van der Waals surface area contributed by atoms with Gasteiger partial charge in [-0.15, -0.1) is 0 Å². The minimum Gasteiger partial charge on any atom is -0.490 e. The first kappa shape index (κ1) is 25.0. The molecular formula is C10H18B2IO6PS2. The molecule has 0 amide bonds. The molecule has 124 valence electrons. The highest BCUT2D eigenvalue weighted by molar-refractivity contribution is 14.1. The van der Waals surface area contributed by atoms with E-state index in [0.717, 1.165) is 0 Å². The number of hydrogen-bond acceptors (Lipinski definition) is 7. The molecule has 0 N–H and O–H groups in total. The molecule has 22 heavy (non-hydrogen) atoms. The van der Waals surface area contributed by atoms with Crippen LogP contribution in [0.25, 0.3) is 0 Å². The summed E-state index contributed by atoms with van der Waals surface area (Å²) >= 11 is 3.24. The lowest BCUT2D eigenvalue weighted by Crippen LogP contribution is -2.16. The fourth-order valence-electron chi connectivity index (χ4n) is 1.11. The van der Waals surface area contributed by atoms with Gasteiger partial charge in [0.2, 0.25) is 0 Å². The second-order valence-corrected chi connectivity index (χ2v) is 9.05. The molecule has 12 heteroatoms. The Hall–Kier alpha value is 0.790. The van der Waals surface area contributed by atoms with Gasteiger partial charge in [0.05, 0.1) is 15.0 Å². The number of methoxy groups -OCH3 is 1. The summed E-state index contributed by atoms with van der Waals surface area (Å²) in [6.45, 7) is 1.89. The Kier molecular flexibility index (Phi) is 17.4. The van der Waals surface area contributed by atoms with Gasteiger partial charge in [0.1, 0.15) is 6.61 Å². The first-order chi connectivity index (χ1) is 9.94. The number of halogens is 1. The first-order valence-electron chi connectivity index (χ1n) is 5.80. The van der Waals surface area contributed by atoms with Gasteiger partial charge in [-0.25, -0.2) is 4.79 Å². The molecule has 2 radical (unpaired) electrons. The minimum absolute atomic E-state index is 0. The molecule has 2 unspecified atom stereocenters. The molecule has 6 nitrogen and oxygen atoms in total. The molecule has 0 aliphatic rings. The van der Waals surface area contributed by atoms with Crippen molar-refractivity contribution in [3.8, 4) is 0 Å². The normalized spacial score (nSPS) is 12.5. The number of Topliss-reactive ketones (excluding diaryl/α,β-unsaturated/α-hetero) is 1. The summed E-state index contributed by atoms with van der Waals surface area (Å²) in [4.78, 5) is 21.8. The monoisotopic (exact) mass is 478 g/mol. The largest absolute Gasteiger partial charge is 0.543 e. The van der Waals surface area contributed by atoms with E-state index in [2.05, 4.69) is 0 Å². The predicted molar refractivity (Wildman–Crippen MR) is 105 cm³/mol. The van der Waals surface area contributed by atoms with Gasteiger partial charge < -0.3 is 18.2 Å². The van der Waals surface area contributed by atoms with Crippen LogP contribution < -0.4 is 0 Å². The van der Waals surface area contributed by atoms with Crippen molar-refractivity contribution in [2.24, 2.45) is 0 Å². The SMILES string of the molecule is S.[B]C(COCC(=O)CP(C)SOB(I)OC)C(=C=O)OC. The second kappa shape index (κ2) is 15.3. The van der Waals surface area contributed by atoms with Crippen molar-refractivity contribution in [1.29, 1.82) is 0 Å². The van der Waals surface area contributed by atoms with E-state index in [1.807, 2.05) is 29.0 Å². The third-order valence-corrected chi connectivity index (χ3v) is 5.88. The molecule has 0 aliphatic heterocycles. The molecule has 2 atom stereocenters. The fourth-order valence-corrected chi connectivity index (χ4v) is 4.11. The summed E-state index contributed by atoms with van der Waals surface area (Å²) in [6.07, 6.45) is 0.364. The average molecular weight is 478 g/mol. The number of hydrogen-bond donors (Lipinski definition) is 0. The Labute approximate surface area is 158 Å². The Bertz CT molecular complexity index is 375. The van der Waals surface area contributed by atoms with E-state index in [9.17, 15) is 9.59 Å². The van der Waals surface area contributed by atoms with Gasteiger partial charge in [-0.3, -0.25) is 4.79 Å². The molecule has 0 aromatic carbocycles. The van der Waals surface area contributed by atoms with Crippen LogP contribution in [-0.4, -0.2) is 64.8 Å². The van der Waals surface area contributed by atoms with Crippen LogP contribution in [0.4, 0.5) is 0 Å². The van der Waals surface area contributed by atoms with Crippen LogP contribution in [0, 0.1) is 0 Å². The maximum absolute atomic E-state index is 11.7. The van der Waals surface area contributed by atoms with Gasteiger partial charge in [-0.05, 0) is 13.8 Å². The van der Waals surface area contributed by atoms with Gasteiger partial charge in [0.25, 0.3) is 0 Å².